The van der Waals surface area contributed by atoms with Crippen LogP contribution in [0.1, 0.15) is 35.6 Å². The van der Waals surface area contributed by atoms with Crippen LogP contribution < -0.4 is 9.47 Å². The molecule has 0 aliphatic heterocycles. The lowest BCUT2D eigenvalue weighted by molar-refractivity contribution is -0.137. The molecule has 2 aromatic carbocycles. The number of aliphatic carboxylic acids is 1. The van der Waals surface area contributed by atoms with Crippen LogP contribution in [-0.4, -0.2) is 21.0 Å². The first-order chi connectivity index (χ1) is 15.6. The molecule has 1 unspecified atom stereocenters. The summed E-state index contributed by atoms with van der Waals surface area (Å²) in [7, 11) is 0. The zero-order valence-electron chi connectivity index (χ0n) is 17.7. The van der Waals surface area contributed by atoms with E-state index in [1.807, 2.05) is 60.8 Å². The molecular weight excluding hydrogens is 424 g/mol. The first-order valence-electron chi connectivity index (χ1n) is 10.3. The molecule has 0 amide bonds. The van der Waals surface area contributed by atoms with E-state index in [0.717, 1.165) is 22.3 Å². The summed E-state index contributed by atoms with van der Waals surface area (Å²) in [6, 6.07) is 15.5. The fourth-order valence-electron chi connectivity index (χ4n) is 3.47. The van der Waals surface area contributed by atoms with E-state index in [9.17, 15) is 9.90 Å². The number of thiophene rings is 1. The predicted molar refractivity (Wildman–Crippen MR) is 124 cm³/mol. The van der Waals surface area contributed by atoms with Crippen LogP contribution in [0, 0.1) is 6.92 Å². The molecule has 0 fully saturated rings. The van der Waals surface area contributed by atoms with E-state index >= 15 is 0 Å². The molecule has 7 heteroatoms. The lowest BCUT2D eigenvalue weighted by atomic mass is 9.99. The van der Waals surface area contributed by atoms with Crippen LogP contribution in [-0.2, 0) is 11.4 Å². The number of ether oxygens (including phenoxy) is 2. The molecule has 2 aromatic heterocycles. The molecule has 0 spiro atoms. The molecular formula is C25H24N2O4S. The van der Waals surface area contributed by atoms with Crippen LogP contribution in [0.5, 0.6) is 11.5 Å². The number of aromatic amines is 1. The van der Waals surface area contributed by atoms with Gasteiger partial charge >= 0.3 is 5.97 Å². The Morgan fingerprint density at radius 3 is 2.81 bits per heavy atom. The van der Waals surface area contributed by atoms with Crippen molar-refractivity contribution >= 4 is 17.3 Å². The smallest absolute Gasteiger partial charge is 0.303 e. The topological polar surface area (TPSA) is 84.4 Å². The molecule has 32 heavy (non-hydrogen) atoms. The van der Waals surface area contributed by atoms with Gasteiger partial charge in [0.25, 0.3) is 0 Å². The largest absolute Gasteiger partial charge is 0.489 e. The Morgan fingerprint density at radius 2 is 2.09 bits per heavy atom. The summed E-state index contributed by atoms with van der Waals surface area (Å²) in [5, 5.41) is 13.3. The van der Waals surface area contributed by atoms with Gasteiger partial charge in [-0.3, -0.25) is 4.79 Å². The molecule has 1 atom stereocenters. The Bertz CT molecular complexity index is 1160. The van der Waals surface area contributed by atoms with Crippen molar-refractivity contribution in [3.63, 3.8) is 0 Å². The van der Waals surface area contributed by atoms with Gasteiger partial charge in [0.2, 0.25) is 0 Å². The number of aromatic nitrogens is 2. The second-order valence-electron chi connectivity index (χ2n) is 7.41. The highest BCUT2D eigenvalue weighted by atomic mass is 32.1. The second kappa shape index (κ2) is 10.2. The summed E-state index contributed by atoms with van der Waals surface area (Å²) in [5.74, 6) is 1.07. The van der Waals surface area contributed by atoms with Crippen molar-refractivity contribution in [1.82, 2.24) is 9.97 Å². The van der Waals surface area contributed by atoms with E-state index in [1.54, 1.807) is 23.7 Å². The lowest BCUT2D eigenvalue weighted by Crippen LogP contribution is -2.12. The van der Waals surface area contributed by atoms with Gasteiger partial charge in [0, 0.05) is 24.9 Å². The Hall–Kier alpha value is -3.58. The van der Waals surface area contributed by atoms with Gasteiger partial charge in [0.05, 0.1) is 5.56 Å². The van der Waals surface area contributed by atoms with Crippen molar-refractivity contribution in [3.05, 3.63) is 88.4 Å². The Morgan fingerprint density at radius 1 is 1.22 bits per heavy atom. The van der Waals surface area contributed by atoms with E-state index in [0.29, 0.717) is 30.4 Å². The van der Waals surface area contributed by atoms with Crippen molar-refractivity contribution in [2.24, 2.45) is 0 Å². The average molecular weight is 449 g/mol. The van der Waals surface area contributed by atoms with Gasteiger partial charge in [-0.2, -0.15) is 11.3 Å². The van der Waals surface area contributed by atoms with Gasteiger partial charge in [-0.1, -0.05) is 24.3 Å². The van der Waals surface area contributed by atoms with Gasteiger partial charge in [0.15, 0.2) is 0 Å². The minimum absolute atomic E-state index is 0.00341. The van der Waals surface area contributed by atoms with Crippen LogP contribution in [0.3, 0.4) is 0 Å². The van der Waals surface area contributed by atoms with Crippen LogP contribution in [0.4, 0.5) is 0 Å². The monoisotopic (exact) mass is 448 g/mol. The number of nitrogens with one attached hydrogen (secondary N) is 1. The Balaban J connectivity index is 1.66. The number of rotatable bonds is 10. The number of imidazole rings is 1. The maximum atomic E-state index is 11.3. The van der Waals surface area contributed by atoms with Crippen molar-refractivity contribution in [3.8, 4) is 22.9 Å². The number of benzene rings is 2. The summed E-state index contributed by atoms with van der Waals surface area (Å²) in [6.07, 6.45) is 3.36. The molecule has 0 aliphatic carbocycles. The third-order valence-electron chi connectivity index (χ3n) is 5.12. The van der Waals surface area contributed by atoms with Gasteiger partial charge in [-0.25, -0.2) is 4.98 Å². The van der Waals surface area contributed by atoms with Crippen LogP contribution in [0.25, 0.3) is 11.4 Å². The number of nitrogens with zero attached hydrogens (tertiary/aromatic N) is 1. The van der Waals surface area contributed by atoms with E-state index in [-0.39, 0.29) is 6.42 Å². The van der Waals surface area contributed by atoms with Gasteiger partial charge in [-0.15, -0.1) is 0 Å². The van der Waals surface area contributed by atoms with E-state index in [4.69, 9.17) is 9.47 Å². The quantitative estimate of drug-likeness (QED) is 0.310. The summed E-state index contributed by atoms with van der Waals surface area (Å²) >= 11 is 1.63. The van der Waals surface area contributed by atoms with Crippen LogP contribution >= 0.6 is 11.3 Å². The molecule has 0 radical (unpaired) electrons. The molecule has 0 saturated heterocycles. The van der Waals surface area contributed by atoms with Crippen molar-refractivity contribution in [2.45, 2.75) is 32.5 Å². The van der Waals surface area contributed by atoms with Gasteiger partial charge < -0.3 is 19.6 Å². The maximum absolute atomic E-state index is 11.3. The van der Waals surface area contributed by atoms with Crippen molar-refractivity contribution in [2.75, 3.05) is 0 Å². The summed E-state index contributed by atoms with van der Waals surface area (Å²) < 4.78 is 12.4. The van der Waals surface area contributed by atoms with Crippen molar-refractivity contribution < 1.29 is 19.4 Å². The number of H-pyrrole nitrogens is 1. The maximum Gasteiger partial charge on any atom is 0.303 e. The zero-order valence-corrected chi connectivity index (χ0v) is 18.5. The summed E-state index contributed by atoms with van der Waals surface area (Å²) in [4.78, 5) is 18.8. The lowest BCUT2D eigenvalue weighted by Gasteiger charge is -2.23. The fourth-order valence-corrected chi connectivity index (χ4v) is 4.13. The van der Waals surface area contributed by atoms with E-state index < -0.39 is 12.1 Å². The first kappa shape index (κ1) is 21.6. The summed E-state index contributed by atoms with van der Waals surface area (Å²) in [6.45, 7) is 2.46. The standard InChI is InChI=1S/C25H24N2O4S/c1-17-4-2-3-5-20(17)22(8-9-24(28)29)31-23-14-19(30-15-18-10-13-32-16-18)6-7-21(23)25-26-11-12-27-25/h2-7,10-14,16,22H,8-9,15H2,1H3,(H,26,27)(H,28,29). The highest BCUT2D eigenvalue weighted by Gasteiger charge is 2.20. The summed E-state index contributed by atoms with van der Waals surface area (Å²) in [5.41, 5.74) is 3.90. The van der Waals surface area contributed by atoms with Crippen LogP contribution in [0.15, 0.2) is 71.7 Å². The van der Waals surface area contributed by atoms with Gasteiger partial charge in [-0.05, 0) is 59.0 Å². The highest BCUT2D eigenvalue weighted by molar-refractivity contribution is 7.07. The number of hydrogen-bond donors (Lipinski definition) is 2. The number of carboxylic acid groups (broad SMARTS) is 1. The second-order valence-corrected chi connectivity index (χ2v) is 8.19. The molecule has 4 aromatic rings. The van der Waals surface area contributed by atoms with Gasteiger partial charge in [0.1, 0.15) is 30.0 Å². The van der Waals surface area contributed by atoms with Crippen molar-refractivity contribution in [1.29, 1.82) is 0 Å². The minimum atomic E-state index is -0.855. The third kappa shape index (κ3) is 5.36. The normalized spacial score (nSPS) is 11.8. The first-order valence-corrected chi connectivity index (χ1v) is 11.3. The SMILES string of the molecule is Cc1ccccc1C(CCC(=O)O)Oc1cc(OCc2ccsc2)ccc1-c1ncc[nH]1. The van der Waals surface area contributed by atoms with E-state index in [1.165, 1.54) is 0 Å². The molecule has 2 heterocycles. The average Bonchev–Trinajstić information content (AvgIpc) is 3.50. The number of aryl methyl sites for hydroxylation is 1. The number of carboxylic acids is 1. The van der Waals surface area contributed by atoms with Crippen LogP contribution in [0.2, 0.25) is 0 Å². The third-order valence-corrected chi connectivity index (χ3v) is 5.85. The number of carbonyl (C=O) groups is 1. The molecule has 2 N–H and O–H groups in total. The zero-order chi connectivity index (χ0) is 22.3. The Kier molecular flexibility index (Phi) is 6.87. The highest BCUT2D eigenvalue weighted by Crippen LogP contribution is 2.37. The number of hydrogen-bond acceptors (Lipinski definition) is 5. The Labute approximate surface area is 190 Å². The molecule has 0 bridgehead atoms. The molecule has 0 aliphatic rings. The van der Waals surface area contributed by atoms with E-state index in [2.05, 4.69) is 15.3 Å². The predicted octanol–water partition coefficient (Wildman–Crippen LogP) is 6.01. The molecule has 164 valence electrons. The minimum Gasteiger partial charge on any atom is -0.489 e. The molecule has 6 nitrogen and oxygen atoms in total. The fraction of sp³-hybridized carbons (Fsp3) is 0.200. The molecule has 4 rings (SSSR count). The molecule has 0 saturated carbocycles.